The largest absolute Gasteiger partial charge is 0.598 e. The zero-order valence-corrected chi connectivity index (χ0v) is 11.2. The van der Waals surface area contributed by atoms with Gasteiger partial charge in [0.05, 0.1) is 6.04 Å². The Kier molecular flexibility index (Phi) is 7.91. The maximum Gasteiger partial charge on any atom is 0.240 e. The summed E-state index contributed by atoms with van der Waals surface area (Å²) >= 11 is -1.40. The monoisotopic (exact) mass is 271 g/mol. The van der Waals surface area contributed by atoms with Gasteiger partial charge in [-0.3, -0.25) is 0 Å². The van der Waals surface area contributed by atoms with E-state index in [0.29, 0.717) is 0 Å². The first-order chi connectivity index (χ1) is 7.77. The van der Waals surface area contributed by atoms with Gasteiger partial charge in [0.25, 0.3) is 0 Å². The first-order valence-corrected chi connectivity index (χ1v) is 6.59. The third kappa shape index (κ3) is 8.51. The van der Waals surface area contributed by atoms with Gasteiger partial charge in [0.15, 0.2) is 0 Å². The highest BCUT2D eigenvalue weighted by Gasteiger charge is 2.29. The van der Waals surface area contributed by atoms with Crippen molar-refractivity contribution in [2.75, 3.05) is 6.67 Å². The molecule has 0 radical (unpaired) electrons. The molecular weight excluding hydrogens is 251 g/mol. The quantitative estimate of drug-likeness (QED) is 0.570. The van der Waals surface area contributed by atoms with Gasteiger partial charge in [-0.25, -0.2) is 13.2 Å². The van der Waals surface area contributed by atoms with Crippen LogP contribution in [0, 0.1) is 0 Å². The van der Waals surface area contributed by atoms with Crippen molar-refractivity contribution in [2.24, 2.45) is 0 Å². The Balaban J connectivity index is 4.32. The summed E-state index contributed by atoms with van der Waals surface area (Å²) in [4.78, 5) is 0. The second-order valence-electron chi connectivity index (χ2n) is 4.68. The van der Waals surface area contributed by atoms with Crippen LogP contribution in [0.25, 0.3) is 0 Å². The molecule has 0 rings (SSSR count). The van der Waals surface area contributed by atoms with Crippen molar-refractivity contribution in [1.29, 1.82) is 0 Å². The number of allylic oxidation sites excluding steroid dienone is 1. The normalized spacial score (nSPS) is 16.7. The third-order valence-electron chi connectivity index (χ3n) is 1.97. The lowest BCUT2D eigenvalue weighted by Crippen LogP contribution is -2.45. The SMILES string of the molecule is CC(C)(C)[S@+]([O-])NC(CC=CCF)CC(F)F. The molecule has 1 unspecified atom stereocenters. The van der Waals surface area contributed by atoms with Crippen molar-refractivity contribution in [3.63, 3.8) is 0 Å². The van der Waals surface area contributed by atoms with Crippen LogP contribution in [0.5, 0.6) is 0 Å². The van der Waals surface area contributed by atoms with Crippen molar-refractivity contribution in [3.05, 3.63) is 12.2 Å². The molecule has 0 heterocycles. The highest BCUT2D eigenvalue weighted by Crippen LogP contribution is 2.17. The van der Waals surface area contributed by atoms with Crippen LogP contribution >= 0.6 is 0 Å². The Morgan fingerprint density at radius 2 is 1.88 bits per heavy atom. The van der Waals surface area contributed by atoms with Crippen LogP contribution in [0.4, 0.5) is 13.2 Å². The third-order valence-corrected chi connectivity index (χ3v) is 3.63. The number of halogens is 3. The molecule has 1 N–H and O–H groups in total. The Labute approximate surface area is 104 Å². The van der Waals surface area contributed by atoms with E-state index < -0.39 is 41.7 Å². The van der Waals surface area contributed by atoms with E-state index in [0.717, 1.165) is 0 Å². The molecule has 0 saturated carbocycles. The van der Waals surface area contributed by atoms with Gasteiger partial charge in [0.2, 0.25) is 6.43 Å². The van der Waals surface area contributed by atoms with Gasteiger partial charge in [-0.1, -0.05) is 12.2 Å². The second kappa shape index (κ2) is 8.00. The fraction of sp³-hybridized carbons (Fsp3) is 0.818. The molecular formula is C11H20F3NOS. The summed E-state index contributed by atoms with van der Waals surface area (Å²) < 4.78 is 50.4. The van der Waals surface area contributed by atoms with Crippen LogP contribution in [-0.4, -0.2) is 28.4 Å². The van der Waals surface area contributed by atoms with Crippen molar-refractivity contribution < 1.29 is 17.7 Å². The summed E-state index contributed by atoms with van der Waals surface area (Å²) in [6.07, 6.45) is 0.137. The van der Waals surface area contributed by atoms with Gasteiger partial charge in [0, 0.05) is 17.8 Å². The molecule has 17 heavy (non-hydrogen) atoms. The lowest BCUT2D eigenvalue weighted by atomic mass is 10.1. The van der Waals surface area contributed by atoms with E-state index in [1.165, 1.54) is 12.2 Å². The molecule has 0 aliphatic carbocycles. The summed E-state index contributed by atoms with van der Waals surface area (Å²) in [7, 11) is 0. The Hall–Kier alpha value is -0.200. The van der Waals surface area contributed by atoms with E-state index in [1.54, 1.807) is 20.8 Å². The van der Waals surface area contributed by atoms with Crippen molar-refractivity contribution in [3.8, 4) is 0 Å². The fourth-order valence-electron chi connectivity index (χ4n) is 1.06. The lowest BCUT2D eigenvalue weighted by Gasteiger charge is -2.27. The molecule has 0 aliphatic heterocycles. The molecule has 0 fully saturated rings. The summed E-state index contributed by atoms with van der Waals surface area (Å²) in [6.45, 7) is 4.65. The molecule has 0 bridgehead atoms. The molecule has 0 spiro atoms. The first-order valence-electron chi connectivity index (χ1n) is 5.44. The van der Waals surface area contributed by atoms with E-state index in [9.17, 15) is 17.7 Å². The summed E-state index contributed by atoms with van der Waals surface area (Å²) in [6, 6.07) is -0.599. The van der Waals surface area contributed by atoms with Gasteiger partial charge in [-0.2, -0.15) is 0 Å². The van der Waals surface area contributed by atoms with E-state index >= 15 is 0 Å². The Morgan fingerprint density at radius 3 is 2.29 bits per heavy atom. The average Bonchev–Trinajstić information content (AvgIpc) is 2.15. The number of alkyl halides is 3. The van der Waals surface area contributed by atoms with Crippen molar-refractivity contribution in [1.82, 2.24) is 4.72 Å². The molecule has 102 valence electrons. The van der Waals surface area contributed by atoms with Gasteiger partial charge in [-0.05, 0) is 27.2 Å². The Bertz CT molecular complexity index is 231. The van der Waals surface area contributed by atoms with E-state index in [1.807, 2.05) is 0 Å². The average molecular weight is 271 g/mol. The predicted molar refractivity (Wildman–Crippen MR) is 65.2 cm³/mol. The van der Waals surface area contributed by atoms with Crippen molar-refractivity contribution >= 4 is 11.4 Å². The smallest absolute Gasteiger partial charge is 0.240 e. The standard InChI is InChI=1S/C11H20F3NOS/c1-11(2,3)17(16)15-9(8-10(13)14)6-4-5-7-12/h4-5,9-10,15H,6-8H2,1-3H3/t9?,17-/m0/s1. The number of hydrogen-bond donors (Lipinski definition) is 1. The molecule has 0 aromatic heterocycles. The molecule has 2 atom stereocenters. The van der Waals surface area contributed by atoms with Crippen LogP contribution in [0.3, 0.4) is 0 Å². The zero-order valence-electron chi connectivity index (χ0n) is 10.4. The number of hydrogen-bond acceptors (Lipinski definition) is 2. The maximum absolute atomic E-state index is 12.3. The van der Waals surface area contributed by atoms with Crippen LogP contribution in [0.15, 0.2) is 12.2 Å². The predicted octanol–water partition coefficient (Wildman–Crippen LogP) is 2.98. The van der Waals surface area contributed by atoms with Gasteiger partial charge in [0.1, 0.15) is 11.4 Å². The Morgan fingerprint density at radius 1 is 1.29 bits per heavy atom. The molecule has 2 nitrogen and oxygen atoms in total. The molecule has 0 amide bonds. The summed E-state index contributed by atoms with van der Waals surface area (Å²) in [5, 5.41) is 0. The van der Waals surface area contributed by atoms with E-state index in [2.05, 4.69) is 4.72 Å². The van der Waals surface area contributed by atoms with Gasteiger partial charge >= 0.3 is 0 Å². The highest BCUT2D eigenvalue weighted by molar-refractivity contribution is 7.90. The minimum Gasteiger partial charge on any atom is -0.598 e. The van der Waals surface area contributed by atoms with Crippen molar-refractivity contribution in [2.45, 2.75) is 50.8 Å². The van der Waals surface area contributed by atoms with Crippen LogP contribution in [0.1, 0.15) is 33.6 Å². The lowest BCUT2D eigenvalue weighted by molar-refractivity contribution is 0.126. The minimum atomic E-state index is -2.47. The second-order valence-corrected chi connectivity index (χ2v) is 6.68. The van der Waals surface area contributed by atoms with Crippen LogP contribution in [0.2, 0.25) is 0 Å². The van der Waals surface area contributed by atoms with Gasteiger partial charge in [-0.15, -0.1) is 4.72 Å². The summed E-state index contributed by atoms with van der Waals surface area (Å²) in [5.41, 5.74) is 0. The number of rotatable bonds is 7. The molecule has 0 aromatic carbocycles. The van der Waals surface area contributed by atoms with Crippen LogP contribution in [-0.2, 0) is 11.4 Å². The highest BCUT2D eigenvalue weighted by atomic mass is 32.2. The molecule has 6 heteroatoms. The van der Waals surface area contributed by atoms with E-state index in [4.69, 9.17) is 0 Å². The zero-order chi connectivity index (χ0) is 13.5. The molecule has 0 aromatic rings. The van der Waals surface area contributed by atoms with Crippen LogP contribution < -0.4 is 4.72 Å². The summed E-state index contributed by atoms with van der Waals surface area (Å²) in [5.74, 6) is 0. The number of nitrogens with one attached hydrogen (secondary N) is 1. The topological polar surface area (TPSA) is 35.1 Å². The maximum atomic E-state index is 12.3. The van der Waals surface area contributed by atoms with E-state index in [-0.39, 0.29) is 6.42 Å². The fourth-order valence-corrected chi connectivity index (χ4v) is 1.91. The molecule has 0 aliphatic rings. The first kappa shape index (κ1) is 16.8. The molecule has 0 saturated heterocycles. The minimum absolute atomic E-state index is 0.246. The van der Waals surface area contributed by atoms with Gasteiger partial charge < -0.3 is 4.55 Å².